The molecule has 0 fully saturated rings. The first-order valence-electron chi connectivity index (χ1n) is 8.97. The average Bonchev–Trinajstić information content (AvgIpc) is 2.69. The van der Waals surface area contributed by atoms with Crippen LogP contribution in [0.15, 0.2) is 47.4 Å². The van der Waals surface area contributed by atoms with E-state index in [-0.39, 0.29) is 12.5 Å². The highest BCUT2D eigenvalue weighted by Crippen LogP contribution is 2.33. The van der Waals surface area contributed by atoms with Gasteiger partial charge in [0.2, 0.25) is 0 Å². The molecular formula is C21H27NO4S. The highest BCUT2D eigenvalue weighted by molar-refractivity contribution is 7.99. The fourth-order valence-electron chi connectivity index (χ4n) is 2.77. The Labute approximate surface area is 164 Å². The van der Waals surface area contributed by atoms with Gasteiger partial charge in [-0.15, -0.1) is 11.8 Å². The van der Waals surface area contributed by atoms with E-state index in [0.29, 0.717) is 0 Å². The van der Waals surface area contributed by atoms with E-state index in [1.807, 2.05) is 36.4 Å². The van der Waals surface area contributed by atoms with Crippen molar-refractivity contribution in [2.45, 2.75) is 36.6 Å². The van der Waals surface area contributed by atoms with Gasteiger partial charge in [0, 0.05) is 16.9 Å². The van der Waals surface area contributed by atoms with Crippen LogP contribution >= 0.6 is 11.8 Å². The molecule has 27 heavy (non-hydrogen) atoms. The van der Waals surface area contributed by atoms with Gasteiger partial charge in [0.25, 0.3) is 0 Å². The van der Waals surface area contributed by atoms with Gasteiger partial charge in [-0.05, 0) is 48.4 Å². The van der Waals surface area contributed by atoms with Crippen LogP contribution in [0.4, 0.5) is 0 Å². The van der Waals surface area contributed by atoms with Crippen molar-refractivity contribution in [3.8, 4) is 11.5 Å². The lowest BCUT2D eigenvalue weighted by atomic mass is 9.98. The molecule has 5 nitrogen and oxygen atoms in total. The quantitative estimate of drug-likeness (QED) is 0.435. The molecule has 1 atom stereocenters. The van der Waals surface area contributed by atoms with E-state index in [0.717, 1.165) is 52.5 Å². The number of thioether (sulfide) groups is 1. The van der Waals surface area contributed by atoms with Crippen LogP contribution in [0.2, 0.25) is 0 Å². The zero-order chi connectivity index (χ0) is 19.6. The summed E-state index contributed by atoms with van der Waals surface area (Å²) in [6.07, 6.45) is 2.90. The number of benzene rings is 2. The number of aliphatic carboxylic acids is 1. The van der Waals surface area contributed by atoms with E-state index in [2.05, 4.69) is 6.07 Å². The van der Waals surface area contributed by atoms with Gasteiger partial charge < -0.3 is 20.3 Å². The van der Waals surface area contributed by atoms with Gasteiger partial charge in [-0.25, -0.2) is 0 Å². The molecule has 2 aromatic carbocycles. The summed E-state index contributed by atoms with van der Waals surface area (Å²) in [5, 5.41) is 8.65. The van der Waals surface area contributed by atoms with Gasteiger partial charge in [0.1, 0.15) is 11.5 Å². The molecule has 6 heteroatoms. The standard InChI is InChI=1S/C21H27NO4S/c1-25-16-9-7-15(8-10-16)21(22)18-12-11-17(14-19(18)26-2)27-13-5-3-4-6-20(23)24/h7-12,14,21H,3-6,13,22H2,1-2H3,(H,23,24). The highest BCUT2D eigenvalue weighted by atomic mass is 32.2. The summed E-state index contributed by atoms with van der Waals surface area (Å²) >= 11 is 1.75. The summed E-state index contributed by atoms with van der Waals surface area (Å²) in [4.78, 5) is 11.6. The number of methoxy groups -OCH3 is 2. The molecule has 0 radical (unpaired) electrons. The van der Waals surface area contributed by atoms with Gasteiger partial charge in [-0.1, -0.05) is 24.6 Å². The molecule has 2 rings (SSSR count). The first-order chi connectivity index (χ1) is 13.0. The van der Waals surface area contributed by atoms with Crippen molar-refractivity contribution >= 4 is 17.7 Å². The van der Waals surface area contributed by atoms with Crippen LogP contribution in [-0.2, 0) is 4.79 Å². The second-order valence-corrected chi connectivity index (χ2v) is 7.38. The van der Waals surface area contributed by atoms with Gasteiger partial charge in [-0.3, -0.25) is 4.79 Å². The van der Waals surface area contributed by atoms with E-state index >= 15 is 0 Å². The molecule has 2 aromatic rings. The predicted molar refractivity (Wildman–Crippen MR) is 109 cm³/mol. The monoisotopic (exact) mass is 389 g/mol. The van der Waals surface area contributed by atoms with Gasteiger partial charge in [-0.2, -0.15) is 0 Å². The Morgan fingerprint density at radius 2 is 1.81 bits per heavy atom. The maximum absolute atomic E-state index is 10.5. The first-order valence-corrected chi connectivity index (χ1v) is 9.95. The van der Waals surface area contributed by atoms with Crippen molar-refractivity contribution in [3.63, 3.8) is 0 Å². The van der Waals surface area contributed by atoms with Crippen LogP contribution in [-0.4, -0.2) is 31.0 Å². The summed E-state index contributed by atoms with van der Waals surface area (Å²) < 4.78 is 10.8. The van der Waals surface area contributed by atoms with Crippen molar-refractivity contribution in [2.24, 2.45) is 5.73 Å². The van der Waals surface area contributed by atoms with Crippen LogP contribution in [0.25, 0.3) is 0 Å². The normalized spacial score (nSPS) is 11.8. The molecule has 0 aliphatic rings. The Morgan fingerprint density at radius 3 is 2.44 bits per heavy atom. The Balaban J connectivity index is 1.97. The molecule has 0 aliphatic carbocycles. The molecule has 0 bridgehead atoms. The van der Waals surface area contributed by atoms with Crippen molar-refractivity contribution < 1.29 is 19.4 Å². The van der Waals surface area contributed by atoms with E-state index < -0.39 is 5.97 Å². The summed E-state index contributed by atoms with van der Waals surface area (Å²) in [6.45, 7) is 0. The molecule has 3 N–H and O–H groups in total. The summed E-state index contributed by atoms with van der Waals surface area (Å²) in [7, 11) is 3.29. The third kappa shape index (κ3) is 6.48. The van der Waals surface area contributed by atoms with Gasteiger partial charge in [0.15, 0.2) is 0 Å². The van der Waals surface area contributed by atoms with Crippen LogP contribution in [0.1, 0.15) is 42.9 Å². The molecule has 0 spiro atoms. The molecular weight excluding hydrogens is 362 g/mol. The fourth-order valence-corrected chi connectivity index (χ4v) is 3.71. The molecule has 0 heterocycles. The first kappa shape index (κ1) is 21.1. The molecule has 146 valence electrons. The number of carboxylic acid groups (broad SMARTS) is 1. The van der Waals surface area contributed by atoms with Gasteiger partial charge >= 0.3 is 5.97 Å². The number of rotatable bonds is 11. The fraction of sp³-hybridized carbons (Fsp3) is 0.381. The van der Waals surface area contributed by atoms with Crippen LogP contribution < -0.4 is 15.2 Å². The third-order valence-electron chi connectivity index (χ3n) is 4.32. The molecule has 0 aromatic heterocycles. The zero-order valence-corrected chi connectivity index (χ0v) is 16.6. The average molecular weight is 390 g/mol. The maximum atomic E-state index is 10.5. The van der Waals surface area contributed by atoms with Crippen molar-refractivity contribution in [3.05, 3.63) is 53.6 Å². The lowest BCUT2D eigenvalue weighted by Gasteiger charge is -2.17. The van der Waals surface area contributed by atoms with Crippen LogP contribution in [0, 0.1) is 0 Å². The Kier molecular flexibility index (Phi) is 8.48. The summed E-state index contributed by atoms with van der Waals surface area (Å²) in [5.74, 6) is 1.80. The number of ether oxygens (including phenoxy) is 2. The SMILES string of the molecule is COc1ccc(C(N)c2ccc(SCCCCCC(=O)O)cc2OC)cc1. The van der Waals surface area contributed by atoms with Crippen molar-refractivity contribution in [1.82, 2.24) is 0 Å². The predicted octanol–water partition coefficient (Wildman–Crippen LogP) is 4.49. The van der Waals surface area contributed by atoms with E-state index in [1.165, 1.54) is 0 Å². The lowest BCUT2D eigenvalue weighted by molar-refractivity contribution is -0.137. The van der Waals surface area contributed by atoms with Crippen molar-refractivity contribution in [2.75, 3.05) is 20.0 Å². The second kappa shape index (κ2) is 10.8. The third-order valence-corrected chi connectivity index (χ3v) is 5.40. The Morgan fingerprint density at radius 1 is 1.07 bits per heavy atom. The van der Waals surface area contributed by atoms with E-state index in [1.54, 1.807) is 26.0 Å². The number of hydrogen-bond acceptors (Lipinski definition) is 5. The Bertz CT molecular complexity index is 733. The van der Waals surface area contributed by atoms with Crippen molar-refractivity contribution in [1.29, 1.82) is 0 Å². The zero-order valence-electron chi connectivity index (χ0n) is 15.8. The minimum atomic E-state index is -0.726. The number of carboxylic acids is 1. The number of hydrogen-bond donors (Lipinski definition) is 2. The number of unbranched alkanes of at least 4 members (excludes halogenated alkanes) is 2. The number of carbonyl (C=O) groups is 1. The smallest absolute Gasteiger partial charge is 0.303 e. The molecule has 0 saturated heterocycles. The van der Waals surface area contributed by atoms with Gasteiger partial charge in [0.05, 0.1) is 20.3 Å². The molecule has 1 unspecified atom stereocenters. The van der Waals surface area contributed by atoms with Crippen LogP contribution in [0.3, 0.4) is 0 Å². The van der Waals surface area contributed by atoms with Crippen LogP contribution in [0.5, 0.6) is 11.5 Å². The summed E-state index contributed by atoms with van der Waals surface area (Å²) in [6, 6.07) is 13.5. The molecule has 0 aliphatic heterocycles. The largest absolute Gasteiger partial charge is 0.497 e. The summed E-state index contributed by atoms with van der Waals surface area (Å²) in [5.41, 5.74) is 8.37. The lowest BCUT2D eigenvalue weighted by Crippen LogP contribution is -2.13. The second-order valence-electron chi connectivity index (χ2n) is 6.21. The topological polar surface area (TPSA) is 81.8 Å². The molecule has 0 saturated carbocycles. The van der Waals surface area contributed by atoms with E-state index in [9.17, 15) is 4.79 Å². The number of nitrogens with two attached hydrogens (primary N) is 1. The maximum Gasteiger partial charge on any atom is 0.303 e. The minimum absolute atomic E-state index is 0.246. The minimum Gasteiger partial charge on any atom is -0.497 e. The molecule has 0 amide bonds. The Hall–Kier alpha value is -2.18. The highest BCUT2D eigenvalue weighted by Gasteiger charge is 2.15. The van der Waals surface area contributed by atoms with E-state index in [4.69, 9.17) is 20.3 Å².